The molecule has 0 atom stereocenters. The van der Waals surface area contributed by atoms with Gasteiger partial charge in [-0.3, -0.25) is 9.69 Å². The lowest BCUT2D eigenvalue weighted by atomic mass is 10.1. The molecular weight excluding hydrogens is 267 g/mol. The summed E-state index contributed by atoms with van der Waals surface area (Å²) in [6, 6.07) is 5.17. The summed E-state index contributed by atoms with van der Waals surface area (Å²) in [5.74, 6) is -0.0290. The molecule has 1 aliphatic rings. The Balaban J connectivity index is 0.00000106. The van der Waals surface area contributed by atoms with Gasteiger partial charge in [0.25, 0.3) is 0 Å². The first-order chi connectivity index (χ1) is 10.0. The van der Waals surface area contributed by atoms with Crippen molar-refractivity contribution in [2.45, 2.75) is 40.7 Å². The fourth-order valence-electron chi connectivity index (χ4n) is 2.61. The Morgan fingerprint density at radius 1 is 1.14 bits per heavy atom. The first kappa shape index (κ1) is 17.6. The summed E-state index contributed by atoms with van der Waals surface area (Å²) in [6.07, 6.45) is 0.980. The van der Waals surface area contributed by atoms with E-state index in [-0.39, 0.29) is 11.7 Å². The van der Waals surface area contributed by atoms with Crippen molar-refractivity contribution in [2.24, 2.45) is 0 Å². The predicted molar refractivity (Wildman–Crippen MR) is 84.6 cm³/mol. The zero-order valence-electron chi connectivity index (χ0n) is 13.7. The first-order valence-electron chi connectivity index (χ1n) is 7.78. The highest BCUT2D eigenvalue weighted by Crippen LogP contribution is 2.13. The van der Waals surface area contributed by atoms with Gasteiger partial charge in [0.15, 0.2) is 0 Å². The molecule has 1 amide bonds. The summed E-state index contributed by atoms with van der Waals surface area (Å²) >= 11 is 0. The number of carbonyl (C=O) groups is 1. The molecule has 0 unspecified atom stereocenters. The molecule has 0 N–H and O–H groups in total. The van der Waals surface area contributed by atoms with E-state index in [1.54, 1.807) is 19.1 Å². The molecule has 1 saturated heterocycles. The van der Waals surface area contributed by atoms with Gasteiger partial charge in [0.2, 0.25) is 5.91 Å². The quantitative estimate of drug-likeness (QED) is 0.836. The largest absolute Gasteiger partial charge is 0.342 e. The lowest BCUT2D eigenvalue weighted by molar-refractivity contribution is -0.128. The Morgan fingerprint density at radius 2 is 1.86 bits per heavy atom. The average Bonchev–Trinajstić information content (AvgIpc) is 2.65. The number of nitrogens with zero attached hydrogens (tertiary/aromatic N) is 2. The van der Waals surface area contributed by atoms with Crippen LogP contribution in [0, 0.1) is 12.7 Å². The molecule has 1 fully saturated rings. The third-order valence-electron chi connectivity index (χ3n) is 3.54. The Labute approximate surface area is 127 Å². The van der Waals surface area contributed by atoms with E-state index < -0.39 is 0 Å². The molecule has 1 heterocycles. The van der Waals surface area contributed by atoms with Crippen LogP contribution >= 0.6 is 0 Å². The van der Waals surface area contributed by atoms with E-state index in [0.29, 0.717) is 0 Å². The van der Waals surface area contributed by atoms with E-state index in [1.807, 2.05) is 31.7 Å². The second-order valence-corrected chi connectivity index (χ2v) is 5.27. The minimum absolute atomic E-state index is 0.142. The van der Waals surface area contributed by atoms with Crippen LogP contribution in [-0.4, -0.2) is 41.9 Å². The molecule has 0 saturated carbocycles. The molecule has 1 aromatic rings. The van der Waals surface area contributed by atoms with Gasteiger partial charge in [-0.15, -0.1) is 0 Å². The van der Waals surface area contributed by atoms with Gasteiger partial charge in [-0.1, -0.05) is 19.9 Å². The van der Waals surface area contributed by atoms with Crippen molar-refractivity contribution in [1.29, 1.82) is 0 Å². The van der Waals surface area contributed by atoms with Gasteiger partial charge < -0.3 is 4.90 Å². The molecule has 3 nitrogen and oxygen atoms in total. The fraction of sp³-hybridized carbons (Fsp3) is 0.588. The van der Waals surface area contributed by atoms with Gasteiger partial charge in [-0.2, -0.15) is 0 Å². The number of hydrogen-bond donors (Lipinski definition) is 0. The summed E-state index contributed by atoms with van der Waals surface area (Å²) in [7, 11) is 0. The van der Waals surface area contributed by atoms with Gasteiger partial charge in [0.1, 0.15) is 5.82 Å². The third kappa shape index (κ3) is 5.84. The SMILES string of the molecule is CC.CC(=O)N1CCCN(Cc2cc(C)cc(F)c2)CC1. The Hall–Kier alpha value is -1.42. The van der Waals surface area contributed by atoms with Crippen LogP contribution in [-0.2, 0) is 11.3 Å². The number of amides is 1. The zero-order valence-corrected chi connectivity index (χ0v) is 13.7. The summed E-state index contributed by atoms with van der Waals surface area (Å²) in [5.41, 5.74) is 1.96. The smallest absolute Gasteiger partial charge is 0.219 e. The first-order valence-corrected chi connectivity index (χ1v) is 7.78. The van der Waals surface area contributed by atoms with E-state index >= 15 is 0 Å². The van der Waals surface area contributed by atoms with Crippen molar-refractivity contribution in [3.63, 3.8) is 0 Å². The van der Waals surface area contributed by atoms with Gasteiger partial charge in [-0.25, -0.2) is 4.39 Å². The van der Waals surface area contributed by atoms with E-state index in [0.717, 1.165) is 50.3 Å². The van der Waals surface area contributed by atoms with Crippen molar-refractivity contribution >= 4 is 5.91 Å². The highest BCUT2D eigenvalue weighted by atomic mass is 19.1. The summed E-state index contributed by atoms with van der Waals surface area (Å²) in [5, 5.41) is 0. The van der Waals surface area contributed by atoms with Crippen LogP contribution in [0.5, 0.6) is 0 Å². The van der Waals surface area contributed by atoms with E-state index in [9.17, 15) is 9.18 Å². The van der Waals surface area contributed by atoms with E-state index in [2.05, 4.69) is 4.90 Å². The topological polar surface area (TPSA) is 23.6 Å². The molecule has 1 aromatic carbocycles. The van der Waals surface area contributed by atoms with Crippen molar-refractivity contribution in [3.05, 3.63) is 35.1 Å². The number of aryl methyl sites for hydroxylation is 1. The van der Waals surface area contributed by atoms with Crippen LogP contribution < -0.4 is 0 Å². The molecule has 21 heavy (non-hydrogen) atoms. The molecule has 0 aromatic heterocycles. The summed E-state index contributed by atoms with van der Waals surface area (Å²) in [6.45, 7) is 11.7. The average molecular weight is 294 g/mol. The third-order valence-corrected chi connectivity index (χ3v) is 3.54. The van der Waals surface area contributed by atoms with Crippen molar-refractivity contribution in [3.8, 4) is 0 Å². The summed E-state index contributed by atoms with van der Waals surface area (Å²) < 4.78 is 13.4. The van der Waals surface area contributed by atoms with Crippen LogP contribution in [0.3, 0.4) is 0 Å². The fourth-order valence-corrected chi connectivity index (χ4v) is 2.61. The lowest BCUT2D eigenvalue weighted by Crippen LogP contribution is -2.33. The standard InChI is InChI=1S/C15H21FN2O.C2H6/c1-12-8-14(10-15(16)9-12)11-17-4-3-5-18(7-6-17)13(2)19;1-2/h8-10H,3-7,11H2,1-2H3;1-2H3. The molecular formula is C17H27FN2O. The van der Waals surface area contributed by atoms with Gasteiger partial charge in [-0.05, 0) is 36.6 Å². The summed E-state index contributed by atoms with van der Waals surface area (Å²) in [4.78, 5) is 15.5. The molecule has 0 radical (unpaired) electrons. The Bertz CT molecular complexity index is 442. The number of hydrogen-bond acceptors (Lipinski definition) is 2. The van der Waals surface area contributed by atoms with Crippen LogP contribution in [0.1, 0.15) is 38.3 Å². The lowest BCUT2D eigenvalue weighted by Gasteiger charge is -2.21. The van der Waals surface area contributed by atoms with Gasteiger partial charge >= 0.3 is 0 Å². The predicted octanol–water partition coefficient (Wildman–Crippen LogP) is 3.21. The van der Waals surface area contributed by atoms with Crippen LogP contribution in [0.25, 0.3) is 0 Å². The molecule has 118 valence electrons. The molecule has 0 aliphatic carbocycles. The normalized spacial score (nSPS) is 16.0. The second-order valence-electron chi connectivity index (χ2n) is 5.27. The molecule has 4 heteroatoms. The maximum absolute atomic E-state index is 13.4. The van der Waals surface area contributed by atoms with E-state index in [4.69, 9.17) is 0 Å². The maximum atomic E-state index is 13.4. The highest BCUT2D eigenvalue weighted by Gasteiger charge is 2.16. The second kappa shape index (κ2) is 8.78. The van der Waals surface area contributed by atoms with Crippen LogP contribution in [0.15, 0.2) is 18.2 Å². The Morgan fingerprint density at radius 3 is 2.48 bits per heavy atom. The molecule has 2 rings (SSSR count). The van der Waals surface area contributed by atoms with Crippen molar-refractivity contribution in [1.82, 2.24) is 9.80 Å². The zero-order chi connectivity index (χ0) is 15.8. The minimum atomic E-state index is -0.171. The molecule has 0 spiro atoms. The van der Waals surface area contributed by atoms with E-state index in [1.165, 1.54) is 0 Å². The number of benzene rings is 1. The monoisotopic (exact) mass is 294 g/mol. The molecule has 0 bridgehead atoms. The minimum Gasteiger partial charge on any atom is -0.342 e. The van der Waals surface area contributed by atoms with Gasteiger partial charge in [0, 0.05) is 39.6 Å². The highest BCUT2D eigenvalue weighted by molar-refractivity contribution is 5.73. The van der Waals surface area contributed by atoms with Crippen molar-refractivity contribution in [2.75, 3.05) is 26.2 Å². The number of rotatable bonds is 2. The maximum Gasteiger partial charge on any atom is 0.219 e. The number of carbonyl (C=O) groups excluding carboxylic acids is 1. The van der Waals surface area contributed by atoms with Crippen molar-refractivity contribution < 1.29 is 9.18 Å². The number of halogens is 1. The Kier molecular flexibility index (Phi) is 7.37. The molecule has 1 aliphatic heterocycles. The van der Waals surface area contributed by atoms with Crippen LogP contribution in [0.4, 0.5) is 4.39 Å². The van der Waals surface area contributed by atoms with Gasteiger partial charge in [0.05, 0.1) is 0 Å². The van der Waals surface area contributed by atoms with Crippen LogP contribution in [0.2, 0.25) is 0 Å².